The number of carbonyl (C=O) groups is 2. The van der Waals surface area contributed by atoms with Crippen LogP contribution in [0.25, 0.3) is 0 Å². The summed E-state index contributed by atoms with van der Waals surface area (Å²) in [5.74, 6) is 5.32. The first-order valence-corrected chi connectivity index (χ1v) is 18.7. The van der Waals surface area contributed by atoms with Gasteiger partial charge in [-0.15, -0.1) is 0 Å². The van der Waals surface area contributed by atoms with Crippen molar-refractivity contribution >= 4 is 11.9 Å². The first-order chi connectivity index (χ1) is 21.7. The number of rotatable bonds is 18. The van der Waals surface area contributed by atoms with E-state index in [1.165, 1.54) is 56.9 Å². The second-order valence-corrected chi connectivity index (χ2v) is 15.4. The molecule has 0 aromatic carbocycles. The lowest BCUT2D eigenvalue weighted by molar-refractivity contribution is -0.124. The summed E-state index contributed by atoms with van der Waals surface area (Å²) in [6.45, 7) is 16.2. The van der Waals surface area contributed by atoms with Crippen molar-refractivity contribution < 1.29 is 25.2 Å². The highest BCUT2D eigenvalue weighted by Crippen LogP contribution is 2.64. The van der Waals surface area contributed by atoms with Crippen molar-refractivity contribution in [2.24, 2.45) is 46.8 Å². The van der Waals surface area contributed by atoms with Crippen LogP contribution in [0.4, 0.5) is 4.79 Å². The fourth-order valence-electron chi connectivity index (χ4n) is 9.68. The summed E-state index contributed by atoms with van der Waals surface area (Å²) in [5.41, 5.74) is 3.52. The topological polar surface area (TPSA) is 73.9 Å². The van der Waals surface area contributed by atoms with E-state index in [1.54, 1.807) is 5.57 Å². The summed E-state index contributed by atoms with van der Waals surface area (Å²) in [4.78, 5) is 24.6. The standard InChI is InChI=1S/C39H65NO5.H2/c1-7-29(8-2)37(41)19-22-43-24-25-44-23-21-40-38(42)45-31-13-15-32-30(26-31)12-14-34-33(32)18-20-39(6)35(16-17-36(34)39)28(5)11-9-10-27(3)4;/h12,15,27-29,31,33-36H,7-11,13-14,16-26H2,1-6H3,(H,40,42);1H/t28-,31+,33-,34-,35-,36+,39-;/m1./s1. The summed E-state index contributed by atoms with van der Waals surface area (Å²) < 4.78 is 16.9. The Hall–Kier alpha value is -1.66. The van der Waals surface area contributed by atoms with Gasteiger partial charge in [-0.2, -0.15) is 0 Å². The van der Waals surface area contributed by atoms with Crippen molar-refractivity contribution in [3.63, 3.8) is 0 Å². The highest BCUT2D eigenvalue weighted by molar-refractivity contribution is 5.80. The van der Waals surface area contributed by atoms with Crippen LogP contribution in [0, 0.1) is 46.8 Å². The number of fused-ring (bicyclic) bond motifs is 5. The maximum Gasteiger partial charge on any atom is 0.407 e. The maximum atomic E-state index is 12.5. The molecule has 0 radical (unpaired) electrons. The Morgan fingerprint density at radius 3 is 2.47 bits per heavy atom. The summed E-state index contributed by atoms with van der Waals surface area (Å²) in [7, 11) is 0. The van der Waals surface area contributed by atoms with Crippen LogP contribution < -0.4 is 5.32 Å². The molecule has 0 saturated heterocycles. The molecule has 0 bridgehead atoms. The third kappa shape index (κ3) is 9.46. The van der Waals surface area contributed by atoms with Crippen molar-refractivity contribution in [1.82, 2.24) is 5.32 Å². The van der Waals surface area contributed by atoms with Gasteiger partial charge in [-0.25, -0.2) is 4.79 Å². The Labute approximate surface area is 276 Å². The minimum absolute atomic E-state index is 0. The van der Waals surface area contributed by atoms with Gasteiger partial charge in [0.2, 0.25) is 0 Å². The molecule has 0 unspecified atom stereocenters. The first kappa shape index (κ1) is 36.2. The predicted molar refractivity (Wildman–Crippen MR) is 184 cm³/mol. The van der Waals surface area contributed by atoms with E-state index < -0.39 is 0 Å². The molecule has 7 atom stereocenters. The number of Topliss-reactive ketones (excluding diaryl/α,β-unsaturated/α-hetero) is 1. The van der Waals surface area contributed by atoms with Gasteiger partial charge in [0.25, 0.3) is 0 Å². The number of hydrogen-bond donors (Lipinski definition) is 1. The van der Waals surface area contributed by atoms with Crippen LogP contribution in [-0.2, 0) is 19.0 Å². The number of alkyl carbamates (subject to hydrolysis) is 1. The number of hydrogen-bond acceptors (Lipinski definition) is 5. The van der Waals surface area contributed by atoms with E-state index in [9.17, 15) is 9.59 Å². The molecule has 258 valence electrons. The Balaban J connectivity index is 0.00000576. The zero-order valence-corrected chi connectivity index (χ0v) is 29.5. The molecular formula is C39H67NO5. The Morgan fingerprint density at radius 2 is 1.73 bits per heavy atom. The SMILES string of the molecule is CCC(CC)C(=O)CCOCCOCCNC(=O)O[C@H]1CC=C2C(=CC[C@@H]3[C@@H]2CC[C@]2(C)[C@@H]([C@H](C)CCCC(C)C)CC[C@@H]32)C1.[HH]. The summed E-state index contributed by atoms with van der Waals surface area (Å²) in [6.07, 6.45) is 19.2. The largest absolute Gasteiger partial charge is 0.446 e. The molecule has 6 nitrogen and oxygen atoms in total. The first-order valence-electron chi connectivity index (χ1n) is 18.7. The number of allylic oxidation sites excluding steroid dienone is 2. The Morgan fingerprint density at radius 1 is 0.978 bits per heavy atom. The Kier molecular flexibility index (Phi) is 14.1. The average molecular weight is 630 g/mol. The number of nitrogens with one attached hydrogen (secondary N) is 1. The number of carbonyl (C=O) groups excluding carboxylic acids is 2. The molecule has 4 rings (SSSR count). The van der Waals surface area contributed by atoms with E-state index in [4.69, 9.17) is 14.2 Å². The van der Waals surface area contributed by atoms with Crippen molar-refractivity contribution in [1.29, 1.82) is 0 Å². The van der Waals surface area contributed by atoms with E-state index >= 15 is 0 Å². The van der Waals surface area contributed by atoms with Crippen molar-refractivity contribution in [2.45, 2.75) is 131 Å². The van der Waals surface area contributed by atoms with Gasteiger partial charge in [0.1, 0.15) is 11.9 Å². The third-order valence-electron chi connectivity index (χ3n) is 12.2. The van der Waals surface area contributed by atoms with Crippen LogP contribution in [0.15, 0.2) is 23.3 Å². The minimum Gasteiger partial charge on any atom is -0.446 e. The molecule has 45 heavy (non-hydrogen) atoms. The highest BCUT2D eigenvalue weighted by Gasteiger charge is 2.55. The molecule has 6 heteroatoms. The second-order valence-electron chi connectivity index (χ2n) is 15.4. The van der Waals surface area contributed by atoms with Gasteiger partial charge in [0, 0.05) is 33.2 Å². The lowest BCUT2D eigenvalue weighted by Crippen LogP contribution is -2.44. The zero-order valence-electron chi connectivity index (χ0n) is 29.5. The normalized spacial score (nSPS) is 29.8. The molecule has 1 amide bonds. The molecule has 2 saturated carbocycles. The number of amides is 1. The molecule has 0 aromatic heterocycles. The number of ketones is 1. The molecule has 0 aliphatic heterocycles. The summed E-state index contributed by atoms with van der Waals surface area (Å²) in [6, 6.07) is 0. The van der Waals surface area contributed by atoms with E-state index in [1.807, 2.05) is 0 Å². The van der Waals surface area contributed by atoms with Crippen molar-refractivity contribution in [3.8, 4) is 0 Å². The van der Waals surface area contributed by atoms with Gasteiger partial charge in [-0.05, 0) is 97.0 Å². The Bertz CT molecular complexity index is 1020. The van der Waals surface area contributed by atoms with Crippen LogP contribution >= 0.6 is 0 Å². The zero-order chi connectivity index (χ0) is 32.4. The molecule has 4 aliphatic carbocycles. The quantitative estimate of drug-likeness (QED) is 0.153. The smallest absolute Gasteiger partial charge is 0.407 e. The second kappa shape index (κ2) is 17.5. The fourth-order valence-corrected chi connectivity index (χ4v) is 9.68. The average Bonchev–Trinajstić information content (AvgIpc) is 3.37. The molecule has 2 fully saturated rings. The van der Waals surface area contributed by atoms with E-state index in [-0.39, 0.29) is 25.3 Å². The summed E-state index contributed by atoms with van der Waals surface area (Å²) in [5, 5.41) is 2.84. The maximum absolute atomic E-state index is 12.5. The van der Waals surface area contributed by atoms with Gasteiger partial charge in [0.15, 0.2) is 0 Å². The number of ether oxygens (including phenoxy) is 3. The summed E-state index contributed by atoms with van der Waals surface area (Å²) >= 11 is 0. The van der Waals surface area contributed by atoms with Crippen molar-refractivity contribution in [3.05, 3.63) is 23.3 Å². The molecule has 0 heterocycles. The minimum atomic E-state index is -0.362. The van der Waals surface area contributed by atoms with Crippen molar-refractivity contribution in [2.75, 3.05) is 33.0 Å². The third-order valence-corrected chi connectivity index (χ3v) is 12.2. The van der Waals surface area contributed by atoms with E-state index in [0.29, 0.717) is 50.7 Å². The van der Waals surface area contributed by atoms with Crippen LogP contribution in [0.1, 0.15) is 126 Å². The van der Waals surface area contributed by atoms with Gasteiger partial charge in [-0.1, -0.05) is 73.0 Å². The van der Waals surface area contributed by atoms with Crippen LogP contribution in [0.5, 0.6) is 0 Å². The van der Waals surface area contributed by atoms with Gasteiger partial charge in [-0.3, -0.25) is 4.79 Å². The predicted octanol–water partition coefficient (Wildman–Crippen LogP) is 9.33. The van der Waals surface area contributed by atoms with Gasteiger partial charge >= 0.3 is 6.09 Å². The molecule has 0 aromatic rings. The van der Waals surface area contributed by atoms with Gasteiger partial charge < -0.3 is 19.5 Å². The van der Waals surface area contributed by atoms with E-state index in [2.05, 4.69) is 59.0 Å². The molecule has 0 spiro atoms. The lowest BCUT2D eigenvalue weighted by atomic mass is 9.52. The van der Waals surface area contributed by atoms with Crippen LogP contribution in [0.2, 0.25) is 0 Å². The molecule has 4 aliphatic rings. The van der Waals surface area contributed by atoms with E-state index in [0.717, 1.165) is 55.3 Å². The molecular weight excluding hydrogens is 562 g/mol. The lowest BCUT2D eigenvalue weighted by Gasteiger charge is -2.52. The van der Waals surface area contributed by atoms with Gasteiger partial charge in [0.05, 0.1) is 26.4 Å². The van der Waals surface area contributed by atoms with Crippen LogP contribution in [-0.4, -0.2) is 51.0 Å². The monoisotopic (exact) mass is 630 g/mol. The molecule has 1 N–H and O–H groups in total. The fraction of sp³-hybridized carbons (Fsp3) is 0.846. The van der Waals surface area contributed by atoms with Crippen LogP contribution in [0.3, 0.4) is 0 Å². The highest BCUT2D eigenvalue weighted by atomic mass is 16.6.